The van der Waals surface area contributed by atoms with Crippen LogP contribution >= 0.6 is 22.9 Å². The summed E-state index contributed by atoms with van der Waals surface area (Å²) in [5.41, 5.74) is 0.196. The summed E-state index contributed by atoms with van der Waals surface area (Å²) in [6, 6.07) is 3.58. The Morgan fingerprint density at radius 1 is 1.38 bits per heavy atom. The summed E-state index contributed by atoms with van der Waals surface area (Å²) in [6.45, 7) is 1.66. The predicted octanol–water partition coefficient (Wildman–Crippen LogP) is 2.97. The molecule has 0 atom stereocenters. The number of halogens is 1. The maximum absolute atomic E-state index is 12.3. The van der Waals surface area contributed by atoms with Crippen molar-refractivity contribution in [3.8, 4) is 0 Å². The molecule has 10 heteroatoms. The molecule has 0 saturated heterocycles. The fraction of sp³-hybridized carbons (Fsp3) is 0.214. The second-order valence-electron chi connectivity index (χ2n) is 5.01. The molecule has 1 aromatic heterocycles. The zero-order valence-corrected chi connectivity index (χ0v) is 14.6. The number of hydrogen-bond acceptors (Lipinski definition) is 6. The SMILES string of the molecule is Cc1nc(NC(=O)c2cc([N+](=O)[O-])ccc2Cl)sc1C(=O)N(C)C. The molecule has 0 unspecified atom stereocenters. The molecule has 8 nitrogen and oxygen atoms in total. The second-order valence-corrected chi connectivity index (χ2v) is 6.41. The number of rotatable bonds is 4. The largest absolute Gasteiger partial charge is 0.344 e. The molecule has 0 fully saturated rings. The molecule has 0 bridgehead atoms. The van der Waals surface area contributed by atoms with Gasteiger partial charge in [-0.3, -0.25) is 25.0 Å². The average Bonchev–Trinajstić information content (AvgIpc) is 2.86. The second kappa shape index (κ2) is 6.93. The maximum atomic E-state index is 12.3. The molecule has 0 spiro atoms. The predicted molar refractivity (Wildman–Crippen MR) is 90.9 cm³/mol. The van der Waals surface area contributed by atoms with E-state index in [0.29, 0.717) is 10.6 Å². The van der Waals surface area contributed by atoms with Crippen LogP contribution in [-0.2, 0) is 0 Å². The number of nitro benzene ring substituents is 1. The van der Waals surface area contributed by atoms with Crippen LogP contribution < -0.4 is 5.32 Å². The highest BCUT2D eigenvalue weighted by Gasteiger charge is 2.20. The molecule has 0 saturated carbocycles. The normalized spacial score (nSPS) is 10.3. The number of nitrogens with zero attached hydrogens (tertiary/aromatic N) is 3. The van der Waals surface area contributed by atoms with E-state index in [4.69, 9.17) is 11.6 Å². The van der Waals surface area contributed by atoms with Gasteiger partial charge in [-0.25, -0.2) is 4.98 Å². The summed E-state index contributed by atoms with van der Waals surface area (Å²) in [7, 11) is 3.23. The summed E-state index contributed by atoms with van der Waals surface area (Å²) in [4.78, 5) is 40.4. The van der Waals surface area contributed by atoms with Gasteiger partial charge in [0.15, 0.2) is 5.13 Å². The van der Waals surface area contributed by atoms with Crippen molar-refractivity contribution in [2.75, 3.05) is 19.4 Å². The van der Waals surface area contributed by atoms with Gasteiger partial charge in [-0.15, -0.1) is 0 Å². The minimum Gasteiger partial charge on any atom is -0.344 e. The molecular weight excluding hydrogens is 356 g/mol. The summed E-state index contributed by atoms with van der Waals surface area (Å²) in [5, 5.41) is 13.6. The summed E-state index contributed by atoms with van der Waals surface area (Å²) < 4.78 is 0. The van der Waals surface area contributed by atoms with Crippen molar-refractivity contribution in [1.29, 1.82) is 0 Å². The first-order valence-corrected chi connectivity index (χ1v) is 7.84. The highest BCUT2D eigenvalue weighted by Crippen LogP contribution is 2.26. The Hall–Kier alpha value is -2.52. The molecule has 1 aromatic carbocycles. The average molecular weight is 369 g/mol. The van der Waals surface area contributed by atoms with E-state index in [1.807, 2.05) is 0 Å². The zero-order chi connectivity index (χ0) is 18.0. The molecule has 2 amide bonds. The van der Waals surface area contributed by atoms with Gasteiger partial charge in [0.1, 0.15) is 4.88 Å². The van der Waals surface area contributed by atoms with Crippen molar-refractivity contribution in [3.63, 3.8) is 0 Å². The van der Waals surface area contributed by atoms with E-state index in [-0.39, 0.29) is 27.3 Å². The first-order chi connectivity index (χ1) is 11.2. The molecule has 0 aliphatic rings. The quantitative estimate of drug-likeness (QED) is 0.659. The lowest BCUT2D eigenvalue weighted by Gasteiger charge is -2.07. The Bertz CT molecular complexity index is 834. The van der Waals surface area contributed by atoms with Crippen molar-refractivity contribution >= 4 is 45.6 Å². The van der Waals surface area contributed by atoms with Crippen molar-refractivity contribution in [2.24, 2.45) is 0 Å². The van der Waals surface area contributed by atoms with Crippen LogP contribution in [0.25, 0.3) is 0 Å². The van der Waals surface area contributed by atoms with Gasteiger partial charge in [0, 0.05) is 26.2 Å². The van der Waals surface area contributed by atoms with E-state index in [9.17, 15) is 19.7 Å². The van der Waals surface area contributed by atoms with E-state index in [2.05, 4.69) is 10.3 Å². The van der Waals surface area contributed by atoms with Gasteiger partial charge in [0.25, 0.3) is 17.5 Å². The smallest absolute Gasteiger partial charge is 0.270 e. The Labute approximate surface area is 146 Å². The van der Waals surface area contributed by atoms with Gasteiger partial charge in [-0.05, 0) is 13.0 Å². The Kier molecular flexibility index (Phi) is 5.15. The fourth-order valence-corrected chi connectivity index (χ4v) is 3.00. The lowest BCUT2D eigenvalue weighted by atomic mass is 10.2. The van der Waals surface area contributed by atoms with Gasteiger partial charge in [0.05, 0.1) is 21.2 Å². The number of carbonyl (C=O) groups excluding carboxylic acids is 2. The molecule has 126 valence electrons. The standard InChI is InChI=1S/C14H13ClN4O4S/c1-7-11(13(21)18(2)3)24-14(16-7)17-12(20)9-6-8(19(22)23)4-5-10(9)15/h4-6H,1-3H3,(H,16,17,20). The molecule has 0 aliphatic carbocycles. The molecule has 24 heavy (non-hydrogen) atoms. The van der Waals surface area contributed by atoms with E-state index >= 15 is 0 Å². The van der Waals surface area contributed by atoms with Crippen LogP contribution in [0.15, 0.2) is 18.2 Å². The molecule has 2 aromatic rings. The van der Waals surface area contributed by atoms with Crippen molar-refractivity contribution in [1.82, 2.24) is 9.88 Å². The molecule has 0 radical (unpaired) electrons. The summed E-state index contributed by atoms with van der Waals surface area (Å²) >= 11 is 6.95. The number of benzene rings is 1. The number of nitro groups is 1. The van der Waals surface area contributed by atoms with Crippen LogP contribution in [0.4, 0.5) is 10.8 Å². The lowest BCUT2D eigenvalue weighted by molar-refractivity contribution is -0.384. The first-order valence-electron chi connectivity index (χ1n) is 6.65. The number of anilines is 1. The van der Waals surface area contributed by atoms with Crippen LogP contribution in [-0.4, -0.2) is 40.7 Å². The van der Waals surface area contributed by atoms with Gasteiger partial charge in [0.2, 0.25) is 0 Å². The van der Waals surface area contributed by atoms with Crippen LogP contribution in [0.2, 0.25) is 5.02 Å². The van der Waals surface area contributed by atoms with E-state index in [0.717, 1.165) is 17.4 Å². The minimum absolute atomic E-state index is 0.0424. The topological polar surface area (TPSA) is 105 Å². The molecule has 1 N–H and O–H groups in total. The van der Waals surface area contributed by atoms with Crippen LogP contribution in [0.3, 0.4) is 0 Å². The number of aromatic nitrogens is 1. The highest BCUT2D eigenvalue weighted by atomic mass is 35.5. The fourth-order valence-electron chi connectivity index (χ4n) is 1.82. The van der Waals surface area contributed by atoms with Crippen molar-refractivity contribution in [3.05, 3.63) is 49.5 Å². The number of carbonyl (C=O) groups is 2. The highest BCUT2D eigenvalue weighted by molar-refractivity contribution is 7.17. The molecule has 2 rings (SSSR count). The van der Waals surface area contributed by atoms with Gasteiger partial charge in [-0.1, -0.05) is 22.9 Å². The van der Waals surface area contributed by atoms with Crippen LogP contribution in [0.5, 0.6) is 0 Å². The first kappa shape index (κ1) is 17.8. The Balaban J connectivity index is 2.28. The third-order valence-corrected chi connectivity index (χ3v) is 4.41. The number of nitrogens with one attached hydrogen (secondary N) is 1. The van der Waals surface area contributed by atoms with E-state index in [1.54, 1.807) is 21.0 Å². The number of hydrogen-bond donors (Lipinski definition) is 1. The molecular formula is C14H13ClN4O4S. The Morgan fingerprint density at radius 3 is 2.62 bits per heavy atom. The maximum Gasteiger partial charge on any atom is 0.270 e. The van der Waals surface area contributed by atoms with Gasteiger partial charge >= 0.3 is 0 Å². The van der Waals surface area contributed by atoms with Crippen molar-refractivity contribution < 1.29 is 14.5 Å². The van der Waals surface area contributed by atoms with E-state index < -0.39 is 10.8 Å². The zero-order valence-electron chi connectivity index (χ0n) is 13.0. The number of non-ortho nitro benzene ring substituents is 1. The van der Waals surface area contributed by atoms with E-state index in [1.165, 1.54) is 17.0 Å². The van der Waals surface area contributed by atoms with Crippen LogP contribution in [0.1, 0.15) is 25.7 Å². The van der Waals surface area contributed by atoms with Crippen LogP contribution in [0, 0.1) is 17.0 Å². The monoisotopic (exact) mass is 368 g/mol. The number of thiazole rings is 1. The molecule has 1 heterocycles. The molecule has 0 aliphatic heterocycles. The third kappa shape index (κ3) is 3.69. The Morgan fingerprint density at radius 2 is 2.04 bits per heavy atom. The minimum atomic E-state index is -0.638. The number of aryl methyl sites for hydroxylation is 1. The van der Waals surface area contributed by atoms with Crippen molar-refractivity contribution in [2.45, 2.75) is 6.92 Å². The summed E-state index contributed by atoms with van der Waals surface area (Å²) in [5.74, 6) is -0.861. The lowest BCUT2D eigenvalue weighted by Crippen LogP contribution is -2.21. The van der Waals surface area contributed by atoms with Gasteiger partial charge in [-0.2, -0.15) is 0 Å². The summed E-state index contributed by atoms with van der Waals surface area (Å²) in [6.07, 6.45) is 0. The number of amides is 2. The van der Waals surface area contributed by atoms with Gasteiger partial charge < -0.3 is 4.90 Å². The third-order valence-electron chi connectivity index (χ3n) is 3.02.